The first-order valence-electron chi connectivity index (χ1n) is 7.77. The van der Waals surface area contributed by atoms with Gasteiger partial charge in [0, 0.05) is 23.4 Å². The number of esters is 1. The third-order valence-corrected chi connectivity index (χ3v) is 3.67. The molecule has 1 aromatic rings. The van der Waals surface area contributed by atoms with Gasteiger partial charge in [0.05, 0.1) is 23.1 Å². The average molecular weight is 365 g/mol. The van der Waals surface area contributed by atoms with Crippen LogP contribution >= 0.6 is 0 Å². The van der Waals surface area contributed by atoms with Crippen LogP contribution < -0.4 is 10.6 Å². The van der Waals surface area contributed by atoms with Gasteiger partial charge < -0.3 is 25.6 Å². The minimum absolute atomic E-state index is 0.000498. The van der Waals surface area contributed by atoms with Gasteiger partial charge in [0.25, 0.3) is 0 Å². The van der Waals surface area contributed by atoms with E-state index in [2.05, 4.69) is 10.6 Å². The zero-order chi connectivity index (χ0) is 19.6. The molecule has 2 rings (SSSR count). The van der Waals surface area contributed by atoms with Gasteiger partial charge in [0.2, 0.25) is 0 Å². The molecule has 0 aliphatic carbocycles. The quantitative estimate of drug-likeness (QED) is 0.353. The van der Waals surface area contributed by atoms with E-state index >= 15 is 0 Å². The molecule has 1 aromatic carbocycles. The fourth-order valence-corrected chi connectivity index (χ4v) is 2.48. The number of nitrogens with one attached hydrogen (secondary N) is 2. The van der Waals surface area contributed by atoms with Crippen molar-refractivity contribution in [2.75, 3.05) is 6.61 Å². The smallest absolute Gasteiger partial charge is 0.338 e. The van der Waals surface area contributed by atoms with E-state index in [0.717, 1.165) is 12.1 Å². The highest BCUT2D eigenvalue weighted by atomic mass is 16.6. The highest BCUT2D eigenvalue weighted by Gasteiger charge is 2.35. The van der Waals surface area contributed by atoms with Crippen LogP contribution in [0.15, 0.2) is 23.4 Å². The molecule has 1 aliphatic heterocycles. The Bertz CT molecular complexity index is 801. The molecule has 0 bridgehead atoms. The number of urea groups is 1. The number of amides is 2. The number of allylic oxidation sites excluding steroid dienone is 1. The van der Waals surface area contributed by atoms with Crippen molar-refractivity contribution in [1.29, 1.82) is 0 Å². The Morgan fingerprint density at radius 1 is 1.35 bits per heavy atom. The number of hydrogen-bond donors (Lipinski definition) is 4. The number of benzene rings is 1. The van der Waals surface area contributed by atoms with Gasteiger partial charge in [-0.05, 0) is 12.8 Å². The molecule has 10 heteroatoms. The zero-order valence-corrected chi connectivity index (χ0v) is 14.4. The average Bonchev–Trinajstić information content (AvgIpc) is 2.51. The first kappa shape index (κ1) is 19.0. The van der Waals surface area contributed by atoms with Gasteiger partial charge in [-0.25, -0.2) is 9.59 Å². The van der Waals surface area contributed by atoms with Gasteiger partial charge in [-0.15, -0.1) is 0 Å². The van der Waals surface area contributed by atoms with E-state index in [1.165, 1.54) is 6.92 Å². The highest BCUT2D eigenvalue weighted by molar-refractivity contribution is 5.95. The van der Waals surface area contributed by atoms with Crippen molar-refractivity contribution in [1.82, 2.24) is 10.6 Å². The van der Waals surface area contributed by atoms with Crippen molar-refractivity contribution >= 4 is 17.7 Å². The minimum Gasteiger partial charge on any atom is -0.507 e. The van der Waals surface area contributed by atoms with Crippen LogP contribution in [0.1, 0.15) is 32.4 Å². The summed E-state index contributed by atoms with van der Waals surface area (Å²) in [5.41, 5.74) is -0.582. The summed E-state index contributed by atoms with van der Waals surface area (Å²) >= 11 is 0. The van der Waals surface area contributed by atoms with Crippen LogP contribution in [0.2, 0.25) is 0 Å². The molecule has 1 atom stereocenters. The summed E-state index contributed by atoms with van der Waals surface area (Å²) in [5.74, 6) is -1.90. The van der Waals surface area contributed by atoms with Crippen LogP contribution in [-0.2, 0) is 9.53 Å². The molecule has 0 aromatic heterocycles. The fraction of sp³-hybridized carbons (Fsp3) is 0.375. The molecule has 1 unspecified atom stereocenters. The van der Waals surface area contributed by atoms with E-state index < -0.39 is 40.2 Å². The summed E-state index contributed by atoms with van der Waals surface area (Å²) in [5, 5.41) is 35.6. The molecular weight excluding hydrogens is 346 g/mol. The van der Waals surface area contributed by atoms with Gasteiger partial charge in [0.15, 0.2) is 5.75 Å². The first-order chi connectivity index (χ1) is 12.1. The summed E-state index contributed by atoms with van der Waals surface area (Å²) in [4.78, 5) is 34.5. The lowest BCUT2D eigenvalue weighted by molar-refractivity contribution is -0.386. The Morgan fingerprint density at radius 3 is 2.58 bits per heavy atom. The number of rotatable bonds is 5. The Kier molecular flexibility index (Phi) is 5.34. The van der Waals surface area contributed by atoms with Crippen molar-refractivity contribution in [3.63, 3.8) is 0 Å². The van der Waals surface area contributed by atoms with Crippen molar-refractivity contribution in [2.24, 2.45) is 5.92 Å². The second-order valence-corrected chi connectivity index (χ2v) is 6.22. The molecule has 0 radical (unpaired) electrons. The zero-order valence-electron chi connectivity index (χ0n) is 14.4. The second kappa shape index (κ2) is 7.30. The maximum absolute atomic E-state index is 12.5. The third-order valence-electron chi connectivity index (χ3n) is 3.67. The number of phenolic OH excluding ortho intramolecular Hbond substituents is 2. The third kappa shape index (κ3) is 3.85. The van der Waals surface area contributed by atoms with Gasteiger partial charge >= 0.3 is 17.7 Å². The standard InChI is InChI=1S/C16H19N3O7/c1-7(2)6-26-15(22)13-8(3)17-16(23)18-14(13)9-4-10(19(24)25)12(21)5-11(9)20/h4-5,7,14,20-21H,6H2,1-3H3,(H2,17,18,23). The van der Waals surface area contributed by atoms with Crippen LogP contribution in [-0.4, -0.2) is 33.7 Å². The number of nitro groups is 1. The lowest BCUT2D eigenvalue weighted by atomic mass is 9.94. The predicted molar refractivity (Wildman–Crippen MR) is 89.3 cm³/mol. The normalized spacial score (nSPS) is 16.9. The molecule has 140 valence electrons. The van der Waals surface area contributed by atoms with Crippen molar-refractivity contribution in [2.45, 2.75) is 26.8 Å². The van der Waals surface area contributed by atoms with E-state index in [1.807, 2.05) is 13.8 Å². The summed E-state index contributed by atoms with van der Waals surface area (Å²) in [6.45, 7) is 5.31. The molecule has 2 amide bonds. The summed E-state index contributed by atoms with van der Waals surface area (Å²) in [6.07, 6.45) is 0. The lowest BCUT2D eigenvalue weighted by Crippen LogP contribution is -2.45. The number of aromatic hydroxyl groups is 2. The molecule has 0 fully saturated rings. The van der Waals surface area contributed by atoms with Crippen molar-refractivity contribution in [3.8, 4) is 11.5 Å². The van der Waals surface area contributed by atoms with Crippen LogP contribution in [0.5, 0.6) is 11.5 Å². The van der Waals surface area contributed by atoms with Crippen LogP contribution in [0.4, 0.5) is 10.5 Å². The fourth-order valence-electron chi connectivity index (χ4n) is 2.48. The number of nitro benzene ring substituents is 1. The number of hydrogen-bond acceptors (Lipinski definition) is 7. The number of phenols is 2. The maximum Gasteiger partial charge on any atom is 0.338 e. The molecule has 1 heterocycles. The number of carbonyl (C=O) groups excluding carboxylic acids is 2. The molecule has 26 heavy (non-hydrogen) atoms. The lowest BCUT2D eigenvalue weighted by Gasteiger charge is -2.28. The maximum atomic E-state index is 12.5. The van der Waals surface area contributed by atoms with E-state index in [-0.39, 0.29) is 29.4 Å². The number of ether oxygens (including phenoxy) is 1. The van der Waals surface area contributed by atoms with E-state index in [9.17, 15) is 29.9 Å². The molecule has 0 saturated carbocycles. The highest BCUT2D eigenvalue weighted by Crippen LogP contribution is 2.39. The van der Waals surface area contributed by atoms with E-state index in [1.54, 1.807) is 0 Å². The van der Waals surface area contributed by atoms with Crippen LogP contribution in [0, 0.1) is 16.0 Å². The Balaban J connectivity index is 2.52. The summed E-state index contributed by atoms with van der Waals surface area (Å²) < 4.78 is 5.19. The molecule has 1 aliphatic rings. The monoisotopic (exact) mass is 365 g/mol. The Labute approximate surface area is 148 Å². The summed E-state index contributed by atoms with van der Waals surface area (Å²) in [7, 11) is 0. The molecular formula is C16H19N3O7. The molecule has 0 saturated heterocycles. The molecule has 0 spiro atoms. The van der Waals surface area contributed by atoms with Gasteiger partial charge in [0.1, 0.15) is 5.75 Å². The van der Waals surface area contributed by atoms with Crippen LogP contribution in [0.3, 0.4) is 0 Å². The van der Waals surface area contributed by atoms with Crippen LogP contribution in [0.25, 0.3) is 0 Å². The van der Waals surface area contributed by atoms with Gasteiger partial charge in [-0.3, -0.25) is 10.1 Å². The van der Waals surface area contributed by atoms with Crippen molar-refractivity contribution < 1.29 is 29.5 Å². The minimum atomic E-state index is -1.18. The molecule has 10 nitrogen and oxygen atoms in total. The van der Waals surface area contributed by atoms with Gasteiger partial charge in [-0.1, -0.05) is 13.8 Å². The SMILES string of the molecule is CC1=C(C(=O)OCC(C)C)C(c2cc([N+](=O)[O-])c(O)cc2O)NC(=O)N1. The largest absolute Gasteiger partial charge is 0.507 e. The summed E-state index contributed by atoms with van der Waals surface area (Å²) in [6, 6.07) is -0.136. The van der Waals surface area contributed by atoms with E-state index in [0.29, 0.717) is 0 Å². The second-order valence-electron chi connectivity index (χ2n) is 6.22. The van der Waals surface area contributed by atoms with Crippen molar-refractivity contribution in [3.05, 3.63) is 39.1 Å². The molecule has 4 N–H and O–H groups in total. The number of nitrogens with zero attached hydrogens (tertiary/aromatic N) is 1. The van der Waals surface area contributed by atoms with E-state index in [4.69, 9.17) is 4.74 Å². The first-order valence-corrected chi connectivity index (χ1v) is 7.77. The predicted octanol–water partition coefficient (Wildman–Crippen LogP) is 1.83. The Morgan fingerprint density at radius 2 is 2.00 bits per heavy atom. The Hall–Kier alpha value is -3.30. The topological polar surface area (TPSA) is 151 Å². The van der Waals surface area contributed by atoms with Gasteiger partial charge in [-0.2, -0.15) is 0 Å². The number of carbonyl (C=O) groups is 2.